The number of imidazole rings is 1. The molecule has 3 aromatic rings. The van der Waals surface area contributed by atoms with Crippen molar-refractivity contribution < 1.29 is 18.9 Å². The fourth-order valence-corrected chi connectivity index (χ4v) is 3.75. The molecule has 0 spiro atoms. The number of nitrogen functional groups attached to an aromatic ring is 1. The molecule has 0 saturated carbocycles. The van der Waals surface area contributed by atoms with Crippen LogP contribution in [0.4, 0.5) is 5.82 Å². The summed E-state index contributed by atoms with van der Waals surface area (Å²) in [6.07, 6.45) is 3.70. The van der Waals surface area contributed by atoms with Gasteiger partial charge >= 0.3 is 0 Å². The highest BCUT2D eigenvalue weighted by molar-refractivity contribution is 5.71. The van der Waals surface area contributed by atoms with E-state index in [9.17, 15) is 0 Å². The predicted molar refractivity (Wildman–Crippen MR) is 105 cm³/mol. The van der Waals surface area contributed by atoms with E-state index in [4.69, 9.17) is 24.7 Å². The van der Waals surface area contributed by atoms with Gasteiger partial charge in [0, 0.05) is 24.3 Å². The van der Waals surface area contributed by atoms with Crippen molar-refractivity contribution >= 4 is 11.5 Å². The van der Waals surface area contributed by atoms with Crippen molar-refractivity contribution in [2.24, 2.45) is 0 Å². The predicted octanol–water partition coefficient (Wildman–Crippen LogP) is 2.90. The van der Waals surface area contributed by atoms with Gasteiger partial charge in [-0.3, -0.25) is 0 Å². The highest BCUT2D eigenvalue weighted by Gasteiger charge is 2.23. The standard InChI is InChI=1S/C20H24N4O4/c1-25-16-8-13(9-17(26-2)19(16)27-3)15-11-22-20-14(10-18(21)23-24(15)20)12-4-6-28-7-5-12/h8-12H,4-7H2,1-3H3,(H2,21,23). The minimum absolute atomic E-state index is 0.358. The van der Waals surface area contributed by atoms with Crippen LogP contribution in [0.1, 0.15) is 24.3 Å². The topological polar surface area (TPSA) is 93.1 Å². The summed E-state index contributed by atoms with van der Waals surface area (Å²) >= 11 is 0. The number of methoxy groups -OCH3 is 3. The van der Waals surface area contributed by atoms with Crippen LogP contribution in [0.2, 0.25) is 0 Å². The van der Waals surface area contributed by atoms with E-state index < -0.39 is 0 Å². The second kappa shape index (κ2) is 7.55. The molecular weight excluding hydrogens is 360 g/mol. The SMILES string of the molecule is COc1cc(-c2cnc3c(C4CCOCC4)cc(N)nn23)cc(OC)c1OC. The molecule has 0 unspecified atom stereocenters. The molecule has 0 atom stereocenters. The van der Waals surface area contributed by atoms with E-state index in [0.29, 0.717) is 29.0 Å². The third kappa shape index (κ3) is 3.09. The number of fused-ring (bicyclic) bond motifs is 1. The van der Waals surface area contributed by atoms with Gasteiger partial charge in [-0.1, -0.05) is 0 Å². The molecule has 3 heterocycles. The van der Waals surface area contributed by atoms with Crippen LogP contribution in [0.15, 0.2) is 24.4 Å². The number of anilines is 1. The number of nitrogens with two attached hydrogens (primary N) is 1. The van der Waals surface area contributed by atoms with Gasteiger partial charge < -0.3 is 24.7 Å². The normalized spacial score (nSPS) is 15.0. The molecule has 8 nitrogen and oxygen atoms in total. The quantitative estimate of drug-likeness (QED) is 0.723. The lowest BCUT2D eigenvalue weighted by Gasteiger charge is -2.22. The minimum atomic E-state index is 0.358. The zero-order chi connectivity index (χ0) is 19.7. The highest BCUT2D eigenvalue weighted by atomic mass is 16.5. The number of rotatable bonds is 5. The Balaban J connectivity index is 1.87. The molecule has 8 heteroatoms. The van der Waals surface area contributed by atoms with Crippen LogP contribution in [0.3, 0.4) is 0 Å². The van der Waals surface area contributed by atoms with Crippen molar-refractivity contribution in [1.82, 2.24) is 14.6 Å². The van der Waals surface area contributed by atoms with E-state index in [0.717, 1.165) is 48.5 Å². The molecule has 0 bridgehead atoms. The van der Waals surface area contributed by atoms with Crippen molar-refractivity contribution in [3.05, 3.63) is 30.0 Å². The Kier molecular flexibility index (Phi) is 4.95. The Hall–Kier alpha value is -3.00. The molecule has 28 heavy (non-hydrogen) atoms. The van der Waals surface area contributed by atoms with Crippen molar-refractivity contribution in [1.29, 1.82) is 0 Å². The van der Waals surface area contributed by atoms with Crippen LogP contribution in [0, 0.1) is 0 Å². The molecule has 1 saturated heterocycles. The second-order valence-corrected chi connectivity index (χ2v) is 6.70. The summed E-state index contributed by atoms with van der Waals surface area (Å²) in [5.41, 5.74) is 9.70. The number of benzene rings is 1. The molecule has 0 radical (unpaired) electrons. The summed E-state index contributed by atoms with van der Waals surface area (Å²) in [4.78, 5) is 4.66. The maximum Gasteiger partial charge on any atom is 0.203 e. The smallest absolute Gasteiger partial charge is 0.203 e. The summed E-state index contributed by atoms with van der Waals surface area (Å²) < 4.78 is 23.7. The molecular formula is C20H24N4O4. The van der Waals surface area contributed by atoms with Gasteiger partial charge in [0.15, 0.2) is 17.1 Å². The zero-order valence-electron chi connectivity index (χ0n) is 16.3. The van der Waals surface area contributed by atoms with Gasteiger partial charge in [-0.25, -0.2) is 9.50 Å². The average Bonchev–Trinajstić information content (AvgIpc) is 3.16. The van der Waals surface area contributed by atoms with Crippen LogP contribution >= 0.6 is 0 Å². The molecule has 4 rings (SSSR count). The fraction of sp³-hybridized carbons (Fsp3) is 0.400. The van der Waals surface area contributed by atoms with Crippen LogP contribution in [-0.2, 0) is 4.74 Å². The van der Waals surface area contributed by atoms with Crippen LogP contribution in [0.25, 0.3) is 16.9 Å². The lowest BCUT2D eigenvalue weighted by atomic mass is 9.92. The number of nitrogens with zero attached hydrogens (tertiary/aromatic N) is 3. The minimum Gasteiger partial charge on any atom is -0.493 e. The Labute approximate surface area is 163 Å². The zero-order valence-corrected chi connectivity index (χ0v) is 16.3. The molecule has 1 aliphatic rings. The maximum absolute atomic E-state index is 6.13. The van der Waals surface area contributed by atoms with Crippen LogP contribution in [0.5, 0.6) is 17.2 Å². The molecule has 1 aromatic carbocycles. The molecule has 0 amide bonds. The van der Waals surface area contributed by atoms with Crippen molar-refractivity contribution in [2.75, 3.05) is 40.3 Å². The van der Waals surface area contributed by atoms with Crippen molar-refractivity contribution in [3.63, 3.8) is 0 Å². The monoisotopic (exact) mass is 384 g/mol. The first kappa shape index (κ1) is 18.4. The third-order valence-electron chi connectivity index (χ3n) is 5.14. The first-order chi connectivity index (χ1) is 13.7. The Morgan fingerprint density at radius 1 is 1.04 bits per heavy atom. The highest BCUT2D eigenvalue weighted by Crippen LogP contribution is 2.41. The lowest BCUT2D eigenvalue weighted by molar-refractivity contribution is 0.0855. The molecule has 148 valence electrons. The van der Waals surface area contributed by atoms with Gasteiger partial charge in [0.25, 0.3) is 0 Å². The van der Waals surface area contributed by atoms with Gasteiger partial charge in [-0.05, 0) is 37.0 Å². The summed E-state index contributed by atoms with van der Waals surface area (Å²) in [6.45, 7) is 1.50. The molecule has 2 aromatic heterocycles. The first-order valence-corrected chi connectivity index (χ1v) is 9.18. The van der Waals surface area contributed by atoms with E-state index in [1.807, 2.05) is 18.2 Å². The number of aromatic nitrogens is 3. The van der Waals surface area contributed by atoms with Crippen molar-refractivity contribution in [3.8, 4) is 28.5 Å². The summed E-state index contributed by atoms with van der Waals surface area (Å²) in [7, 11) is 4.76. The van der Waals surface area contributed by atoms with Gasteiger partial charge in [0.05, 0.1) is 33.2 Å². The largest absolute Gasteiger partial charge is 0.493 e. The second-order valence-electron chi connectivity index (χ2n) is 6.70. The van der Waals surface area contributed by atoms with E-state index in [1.54, 1.807) is 32.0 Å². The van der Waals surface area contributed by atoms with Gasteiger partial charge in [0.1, 0.15) is 5.82 Å². The lowest BCUT2D eigenvalue weighted by Crippen LogP contribution is -2.16. The summed E-state index contributed by atoms with van der Waals surface area (Å²) in [5, 5.41) is 4.51. The van der Waals surface area contributed by atoms with E-state index in [1.165, 1.54) is 0 Å². The van der Waals surface area contributed by atoms with Gasteiger partial charge in [0.2, 0.25) is 5.75 Å². The van der Waals surface area contributed by atoms with Gasteiger partial charge in [-0.15, -0.1) is 5.10 Å². The fourth-order valence-electron chi connectivity index (χ4n) is 3.75. The average molecular weight is 384 g/mol. The number of ether oxygens (including phenoxy) is 4. The Morgan fingerprint density at radius 2 is 1.71 bits per heavy atom. The maximum atomic E-state index is 6.13. The molecule has 1 fully saturated rings. The summed E-state index contributed by atoms with van der Waals surface area (Å²) in [5.74, 6) is 2.50. The van der Waals surface area contributed by atoms with Crippen molar-refractivity contribution in [2.45, 2.75) is 18.8 Å². The van der Waals surface area contributed by atoms with Crippen LogP contribution in [-0.4, -0.2) is 49.1 Å². The number of hydrogen-bond donors (Lipinski definition) is 1. The third-order valence-corrected chi connectivity index (χ3v) is 5.14. The van der Waals surface area contributed by atoms with Crippen LogP contribution < -0.4 is 19.9 Å². The Morgan fingerprint density at radius 3 is 2.32 bits per heavy atom. The number of hydrogen-bond acceptors (Lipinski definition) is 7. The molecule has 0 aliphatic carbocycles. The van der Waals surface area contributed by atoms with E-state index in [-0.39, 0.29) is 0 Å². The Bertz CT molecular complexity index is 970. The van der Waals surface area contributed by atoms with E-state index >= 15 is 0 Å². The van der Waals surface area contributed by atoms with Gasteiger partial charge in [-0.2, -0.15) is 0 Å². The molecule has 2 N–H and O–H groups in total. The van der Waals surface area contributed by atoms with E-state index in [2.05, 4.69) is 10.1 Å². The first-order valence-electron chi connectivity index (χ1n) is 9.18. The summed E-state index contributed by atoms with van der Waals surface area (Å²) in [6, 6.07) is 5.69. The molecule has 1 aliphatic heterocycles.